The van der Waals surface area contributed by atoms with Crippen LogP contribution in [0.4, 0.5) is 5.69 Å². The van der Waals surface area contributed by atoms with Gasteiger partial charge in [-0.05, 0) is 43.3 Å². The molecule has 0 aliphatic carbocycles. The Hall–Kier alpha value is -2.45. The fourth-order valence-electron chi connectivity index (χ4n) is 1.83. The molecule has 0 spiro atoms. The molecule has 0 aliphatic rings. The largest absolute Gasteiger partial charge is 0.479 e. The van der Waals surface area contributed by atoms with Crippen molar-refractivity contribution in [1.29, 1.82) is 0 Å². The number of nitro benzene ring substituents is 1. The van der Waals surface area contributed by atoms with Crippen molar-refractivity contribution in [2.24, 2.45) is 0 Å². The van der Waals surface area contributed by atoms with Gasteiger partial charge in [-0.25, -0.2) is 4.79 Å². The topological polar surface area (TPSA) is 87.9 Å². The number of carbonyl (C=O) groups excluding carboxylic acids is 1. The SMILES string of the molecule is CSOC(=O)C(C)Oc1ccc(Oc2ccc(Cl)cc2[N+](=O)[O-])cc1. The normalized spacial score (nSPS) is 11.5. The third kappa shape index (κ3) is 5.27. The number of hydrogen-bond acceptors (Lipinski definition) is 7. The zero-order valence-electron chi connectivity index (χ0n) is 13.3. The molecule has 9 heteroatoms. The molecular weight excluding hydrogens is 370 g/mol. The number of halogens is 1. The second kappa shape index (κ2) is 8.59. The molecule has 2 aromatic carbocycles. The number of nitro groups is 1. The highest BCUT2D eigenvalue weighted by molar-refractivity contribution is 7.94. The summed E-state index contributed by atoms with van der Waals surface area (Å²) in [7, 11) is 0. The van der Waals surface area contributed by atoms with Crippen LogP contribution in [0.1, 0.15) is 6.92 Å². The predicted octanol–water partition coefficient (Wildman–Crippen LogP) is 4.63. The molecule has 0 N–H and O–H groups in total. The second-order valence-electron chi connectivity index (χ2n) is 4.77. The Kier molecular flexibility index (Phi) is 6.49. The van der Waals surface area contributed by atoms with Crippen LogP contribution in [-0.2, 0) is 8.98 Å². The number of carbonyl (C=O) groups is 1. The van der Waals surface area contributed by atoms with Crippen LogP contribution >= 0.6 is 23.6 Å². The van der Waals surface area contributed by atoms with Crippen LogP contribution in [0.2, 0.25) is 5.02 Å². The highest BCUT2D eigenvalue weighted by Gasteiger charge is 2.18. The van der Waals surface area contributed by atoms with Gasteiger partial charge in [0.2, 0.25) is 5.75 Å². The standard InChI is InChI=1S/C16H14ClNO6S/c1-10(16(19)24-25-2)22-12-4-6-13(7-5-12)23-15-8-3-11(17)9-14(15)18(20)21/h3-10H,1-2H3. The lowest BCUT2D eigenvalue weighted by Crippen LogP contribution is -2.24. The lowest BCUT2D eigenvalue weighted by atomic mass is 10.3. The summed E-state index contributed by atoms with van der Waals surface area (Å²) < 4.78 is 15.7. The Bertz CT molecular complexity index is 768. The molecule has 0 aromatic heterocycles. The number of hydrogen-bond donors (Lipinski definition) is 0. The van der Waals surface area contributed by atoms with Gasteiger partial charge in [0.25, 0.3) is 0 Å². The molecule has 0 aliphatic heterocycles. The van der Waals surface area contributed by atoms with E-state index in [9.17, 15) is 14.9 Å². The molecule has 2 aromatic rings. The van der Waals surface area contributed by atoms with Crippen molar-refractivity contribution in [1.82, 2.24) is 0 Å². The fraction of sp³-hybridized carbons (Fsp3) is 0.188. The van der Waals surface area contributed by atoms with Crippen molar-refractivity contribution in [2.75, 3.05) is 6.26 Å². The van der Waals surface area contributed by atoms with Crippen LogP contribution < -0.4 is 9.47 Å². The summed E-state index contributed by atoms with van der Waals surface area (Å²) in [5.74, 6) is 0.380. The predicted molar refractivity (Wildman–Crippen MR) is 94.3 cm³/mol. The molecule has 0 heterocycles. The Balaban J connectivity index is 2.08. The first-order chi connectivity index (χ1) is 11.9. The van der Waals surface area contributed by atoms with E-state index in [-0.39, 0.29) is 16.5 Å². The maximum Gasteiger partial charge on any atom is 0.359 e. The summed E-state index contributed by atoms with van der Waals surface area (Å²) in [5, 5.41) is 11.3. The first-order valence-corrected chi connectivity index (χ1v) is 8.56. The van der Waals surface area contributed by atoms with Crippen molar-refractivity contribution < 1.29 is 23.4 Å². The fourth-order valence-corrected chi connectivity index (χ4v) is 2.30. The second-order valence-corrected chi connectivity index (χ2v) is 5.71. The molecule has 0 saturated carbocycles. The molecule has 0 bridgehead atoms. The van der Waals surface area contributed by atoms with Gasteiger partial charge in [-0.3, -0.25) is 10.1 Å². The molecule has 0 radical (unpaired) electrons. The third-order valence-electron chi connectivity index (χ3n) is 2.98. The molecule has 132 valence electrons. The minimum absolute atomic E-state index is 0.0694. The van der Waals surface area contributed by atoms with Crippen molar-refractivity contribution in [2.45, 2.75) is 13.0 Å². The molecule has 2 rings (SSSR count). The Morgan fingerprint density at radius 1 is 1.20 bits per heavy atom. The number of ether oxygens (including phenoxy) is 2. The molecule has 0 saturated heterocycles. The summed E-state index contributed by atoms with van der Waals surface area (Å²) in [5.41, 5.74) is -0.235. The van der Waals surface area contributed by atoms with Gasteiger partial charge in [-0.2, -0.15) is 0 Å². The van der Waals surface area contributed by atoms with Crippen molar-refractivity contribution >= 4 is 35.3 Å². The summed E-state index contributed by atoms with van der Waals surface area (Å²) in [6.45, 7) is 1.57. The maximum absolute atomic E-state index is 11.5. The number of benzene rings is 2. The zero-order chi connectivity index (χ0) is 18.4. The molecule has 1 atom stereocenters. The third-order valence-corrected chi connectivity index (χ3v) is 3.55. The van der Waals surface area contributed by atoms with Gasteiger partial charge in [0.1, 0.15) is 11.5 Å². The average Bonchev–Trinajstić information content (AvgIpc) is 2.58. The van der Waals surface area contributed by atoms with Gasteiger partial charge < -0.3 is 13.7 Å². The first kappa shape index (κ1) is 18.9. The van der Waals surface area contributed by atoms with Gasteiger partial charge >= 0.3 is 11.7 Å². The Labute approximate surface area is 153 Å². The highest BCUT2D eigenvalue weighted by atomic mass is 35.5. The molecule has 1 unspecified atom stereocenters. The smallest absolute Gasteiger partial charge is 0.359 e. The van der Waals surface area contributed by atoms with Gasteiger partial charge in [-0.15, -0.1) is 0 Å². The van der Waals surface area contributed by atoms with E-state index in [0.717, 1.165) is 12.0 Å². The first-order valence-electron chi connectivity index (χ1n) is 7.03. The van der Waals surface area contributed by atoms with Crippen LogP contribution in [0.25, 0.3) is 0 Å². The summed E-state index contributed by atoms with van der Waals surface area (Å²) in [6.07, 6.45) is 0.865. The van der Waals surface area contributed by atoms with E-state index in [1.807, 2.05) is 0 Å². The van der Waals surface area contributed by atoms with Gasteiger partial charge in [0, 0.05) is 17.3 Å². The lowest BCUT2D eigenvalue weighted by molar-refractivity contribution is -0.385. The van der Waals surface area contributed by atoms with Crippen molar-refractivity contribution in [3.05, 3.63) is 57.6 Å². The van der Waals surface area contributed by atoms with Crippen LogP contribution in [0.5, 0.6) is 17.2 Å². The van der Waals surface area contributed by atoms with Crippen molar-refractivity contribution in [3.63, 3.8) is 0 Å². The Morgan fingerprint density at radius 2 is 1.84 bits per heavy atom. The molecular formula is C16H14ClNO6S. The van der Waals surface area contributed by atoms with Gasteiger partial charge in [0.15, 0.2) is 6.10 Å². The lowest BCUT2D eigenvalue weighted by Gasteiger charge is -2.13. The van der Waals surface area contributed by atoms with Gasteiger partial charge in [0.05, 0.1) is 17.0 Å². The molecule has 7 nitrogen and oxygen atoms in total. The summed E-state index contributed by atoms with van der Waals surface area (Å²) in [6, 6.07) is 10.4. The highest BCUT2D eigenvalue weighted by Crippen LogP contribution is 2.34. The molecule has 25 heavy (non-hydrogen) atoms. The summed E-state index contributed by atoms with van der Waals surface area (Å²) >= 11 is 6.71. The van der Waals surface area contributed by atoms with E-state index in [0.29, 0.717) is 11.5 Å². The van der Waals surface area contributed by atoms with Crippen LogP contribution in [-0.4, -0.2) is 23.3 Å². The minimum atomic E-state index is -0.767. The van der Waals surface area contributed by atoms with E-state index < -0.39 is 17.0 Å². The van der Waals surface area contributed by atoms with E-state index in [2.05, 4.69) is 0 Å². The van der Waals surface area contributed by atoms with Crippen LogP contribution in [0.3, 0.4) is 0 Å². The number of rotatable bonds is 7. The van der Waals surface area contributed by atoms with E-state index in [4.69, 9.17) is 25.3 Å². The van der Waals surface area contributed by atoms with Gasteiger partial charge in [-0.1, -0.05) is 11.6 Å². The molecule has 0 amide bonds. The zero-order valence-corrected chi connectivity index (χ0v) is 14.9. The van der Waals surface area contributed by atoms with E-state index in [1.165, 1.54) is 18.2 Å². The number of nitrogens with zero attached hydrogens (tertiary/aromatic N) is 1. The monoisotopic (exact) mass is 383 g/mol. The summed E-state index contributed by atoms with van der Waals surface area (Å²) in [4.78, 5) is 22.0. The maximum atomic E-state index is 11.5. The van der Waals surface area contributed by atoms with Crippen LogP contribution in [0, 0.1) is 10.1 Å². The van der Waals surface area contributed by atoms with Crippen molar-refractivity contribution in [3.8, 4) is 17.2 Å². The van der Waals surface area contributed by atoms with E-state index in [1.54, 1.807) is 37.4 Å². The minimum Gasteiger partial charge on any atom is -0.479 e. The quantitative estimate of drug-likeness (QED) is 0.391. The van der Waals surface area contributed by atoms with Crippen LogP contribution in [0.15, 0.2) is 42.5 Å². The molecule has 0 fully saturated rings. The van der Waals surface area contributed by atoms with E-state index >= 15 is 0 Å². The average molecular weight is 384 g/mol. The Morgan fingerprint density at radius 3 is 2.44 bits per heavy atom.